The van der Waals surface area contributed by atoms with Crippen LogP contribution in [0.5, 0.6) is 0 Å². The number of hydroxylamine groups is 1. The zero-order valence-corrected chi connectivity index (χ0v) is 19.6. The molecule has 30 heavy (non-hydrogen) atoms. The first kappa shape index (κ1) is 21.2. The number of nitrogens with two attached hydrogens (primary N) is 1. The number of amides is 2. The number of thiazole rings is 1. The maximum Gasteiger partial charge on any atom is 0.381 e. The number of halogens is 1. The van der Waals surface area contributed by atoms with E-state index in [-0.39, 0.29) is 27.9 Å². The number of hydrogen-bond acceptors (Lipinski definition) is 9. The van der Waals surface area contributed by atoms with E-state index in [4.69, 9.17) is 10.6 Å². The molecule has 1 fully saturated rings. The number of benzene rings is 1. The van der Waals surface area contributed by atoms with Crippen LogP contribution in [0, 0.1) is 0 Å². The fourth-order valence-electron chi connectivity index (χ4n) is 2.88. The number of carbonyl (C=O) groups excluding carboxylic acids is 3. The van der Waals surface area contributed by atoms with Crippen molar-refractivity contribution in [3.63, 3.8) is 0 Å². The highest BCUT2D eigenvalue weighted by Gasteiger charge is 2.46. The van der Waals surface area contributed by atoms with Gasteiger partial charge < -0.3 is 10.6 Å². The summed E-state index contributed by atoms with van der Waals surface area (Å²) in [6.45, 7) is 1.25. The van der Waals surface area contributed by atoms with Crippen LogP contribution in [-0.2, 0) is 19.2 Å². The van der Waals surface area contributed by atoms with Crippen molar-refractivity contribution in [3.8, 4) is 0 Å². The minimum absolute atomic E-state index is 0.107. The van der Waals surface area contributed by atoms with Crippen LogP contribution in [0.25, 0.3) is 0 Å². The summed E-state index contributed by atoms with van der Waals surface area (Å²) in [6, 6.07) is 7.60. The Balaban J connectivity index is 1.68. The standard InChI is InChI=1S/C18H15BrN4O4S3/c1-9(24)23(13-8-29-18(20)21-13)27-17(26)16-12(7-28-15-6-14(25)22(15)16)30-11-5-3-2-4-10(11)19/h2-5,8,15H,6-7H2,1H3,(H2,20,21)/t15-/m0/s1. The molecule has 8 nitrogen and oxygen atoms in total. The summed E-state index contributed by atoms with van der Waals surface area (Å²) in [7, 11) is 0. The predicted molar refractivity (Wildman–Crippen MR) is 121 cm³/mol. The van der Waals surface area contributed by atoms with Gasteiger partial charge in [-0.15, -0.1) is 28.2 Å². The van der Waals surface area contributed by atoms with Gasteiger partial charge in [-0.2, -0.15) is 4.98 Å². The molecule has 0 bridgehead atoms. The topological polar surface area (TPSA) is 106 Å². The number of nitrogens with zero attached hydrogens (tertiary/aromatic N) is 3. The summed E-state index contributed by atoms with van der Waals surface area (Å²) in [6.07, 6.45) is 0.369. The summed E-state index contributed by atoms with van der Waals surface area (Å²) in [5.74, 6) is -0.808. The lowest BCUT2D eigenvalue weighted by Gasteiger charge is -2.44. The SMILES string of the molecule is CC(=O)N(OC(=O)C1=C(Sc2ccccc2Br)CS[C@H]2CC(=O)N12)c1csc(N)n1. The van der Waals surface area contributed by atoms with Crippen molar-refractivity contribution >= 4 is 79.5 Å². The molecule has 2 N–H and O–H groups in total. The zero-order chi connectivity index (χ0) is 21.4. The molecule has 0 unspecified atom stereocenters. The molecule has 3 heterocycles. The maximum absolute atomic E-state index is 13.2. The zero-order valence-electron chi connectivity index (χ0n) is 15.5. The quantitative estimate of drug-likeness (QED) is 0.475. The van der Waals surface area contributed by atoms with E-state index in [1.165, 1.54) is 29.0 Å². The predicted octanol–water partition coefficient (Wildman–Crippen LogP) is 3.61. The molecule has 1 atom stereocenters. The number of nitrogen functional groups attached to an aromatic ring is 1. The molecule has 1 saturated heterocycles. The van der Waals surface area contributed by atoms with Gasteiger partial charge in [0.2, 0.25) is 5.91 Å². The van der Waals surface area contributed by atoms with Gasteiger partial charge >= 0.3 is 5.97 Å². The average molecular weight is 527 g/mol. The molecule has 0 saturated carbocycles. The van der Waals surface area contributed by atoms with Gasteiger partial charge in [0, 0.05) is 32.3 Å². The summed E-state index contributed by atoms with van der Waals surface area (Å²) in [5.41, 5.74) is 5.79. The first-order chi connectivity index (χ1) is 14.3. The second kappa shape index (κ2) is 8.61. The van der Waals surface area contributed by atoms with Gasteiger partial charge in [0.05, 0.1) is 11.8 Å². The van der Waals surface area contributed by atoms with E-state index in [0.717, 1.165) is 25.8 Å². The lowest BCUT2D eigenvalue weighted by Crippen LogP contribution is -2.54. The van der Waals surface area contributed by atoms with Gasteiger partial charge in [-0.05, 0) is 28.1 Å². The highest BCUT2D eigenvalue weighted by Crippen LogP contribution is 2.46. The lowest BCUT2D eigenvalue weighted by atomic mass is 10.1. The summed E-state index contributed by atoms with van der Waals surface area (Å²) >= 11 is 7.60. The number of hydrogen-bond donors (Lipinski definition) is 1. The Morgan fingerprint density at radius 1 is 1.40 bits per heavy atom. The van der Waals surface area contributed by atoms with Crippen LogP contribution < -0.4 is 10.8 Å². The Bertz CT molecular complexity index is 1070. The molecule has 0 spiro atoms. The molecule has 2 amide bonds. The van der Waals surface area contributed by atoms with Gasteiger partial charge in [0.15, 0.2) is 10.9 Å². The molecular weight excluding hydrogens is 512 g/mol. The number of fused-ring (bicyclic) bond motifs is 1. The summed E-state index contributed by atoms with van der Waals surface area (Å²) < 4.78 is 0.876. The molecule has 4 rings (SSSR count). The number of rotatable bonds is 4. The second-order valence-electron chi connectivity index (χ2n) is 6.27. The molecule has 12 heteroatoms. The maximum atomic E-state index is 13.2. The Morgan fingerprint density at radius 2 is 2.17 bits per heavy atom. The number of aromatic nitrogens is 1. The molecule has 2 aromatic rings. The molecule has 0 radical (unpaired) electrons. The third kappa shape index (κ3) is 4.09. The van der Waals surface area contributed by atoms with E-state index in [1.807, 2.05) is 24.3 Å². The van der Waals surface area contributed by atoms with E-state index in [9.17, 15) is 14.4 Å². The molecule has 1 aromatic heterocycles. The van der Waals surface area contributed by atoms with Crippen molar-refractivity contribution in [1.82, 2.24) is 9.88 Å². The van der Waals surface area contributed by atoms with E-state index in [0.29, 0.717) is 17.1 Å². The smallest absolute Gasteiger partial charge is 0.375 e. The number of β-lactam (4-membered cyclic amide) rings is 1. The van der Waals surface area contributed by atoms with Crippen LogP contribution in [0.15, 0.2) is 49.6 Å². The highest BCUT2D eigenvalue weighted by atomic mass is 79.9. The summed E-state index contributed by atoms with van der Waals surface area (Å²) in [4.78, 5) is 49.9. The van der Waals surface area contributed by atoms with Crippen LogP contribution >= 0.6 is 50.8 Å². The Hall–Kier alpha value is -2.02. The molecular formula is C18H15BrN4O4S3. The molecule has 2 aliphatic heterocycles. The fourth-order valence-corrected chi connectivity index (χ4v) is 6.34. The van der Waals surface area contributed by atoms with E-state index >= 15 is 0 Å². The van der Waals surface area contributed by atoms with Crippen LogP contribution in [0.2, 0.25) is 0 Å². The number of anilines is 2. The average Bonchev–Trinajstić information content (AvgIpc) is 3.13. The van der Waals surface area contributed by atoms with Gasteiger partial charge in [0.25, 0.3) is 5.91 Å². The fraction of sp³-hybridized carbons (Fsp3) is 0.222. The molecule has 0 aliphatic carbocycles. The van der Waals surface area contributed by atoms with Gasteiger partial charge in [0.1, 0.15) is 5.70 Å². The number of carbonyl (C=O) groups is 3. The van der Waals surface area contributed by atoms with E-state index in [1.54, 1.807) is 11.8 Å². The lowest BCUT2D eigenvalue weighted by molar-refractivity contribution is -0.152. The van der Waals surface area contributed by atoms with Crippen LogP contribution in [0.3, 0.4) is 0 Å². The monoisotopic (exact) mass is 526 g/mol. The van der Waals surface area contributed by atoms with Crippen LogP contribution in [0.1, 0.15) is 13.3 Å². The Kier molecular flexibility index (Phi) is 6.09. The highest BCUT2D eigenvalue weighted by molar-refractivity contribution is 9.10. The van der Waals surface area contributed by atoms with Crippen molar-refractivity contribution in [2.45, 2.75) is 23.6 Å². The van der Waals surface area contributed by atoms with Gasteiger partial charge in [-0.1, -0.05) is 23.9 Å². The third-order valence-electron chi connectivity index (χ3n) is 4.26. The third-order valence-corrected chi connectivity index (χ3v) is 8.43. The van der Waals surface area contributed by atoms with E-state index < -0.39 is 11.9 Å². The van der Waals surface area contributed by atoms with E-state index in [2.05, 4.69) is 20.9 Å². The van der Waals surface area contributed by atoms with Gasteiger partial charge in [-0.25, -0.2) is 4.79 Å². The van der Waals surface area contributed by atoms with Crippen molar-refractivity contribution in [3.05, 3.63) is 44.7 Å². The van der Waals surface area contributed by atoms with Crippen LogP contribution in [0.4, 0.5) is 10.9 Å². The van der Waals surface area contributed by atoms with Crippen LogP contribution in [-0.4, -0.2) is 38.8 Å². The Morgan fingerprint density at radius 3 is 2.80 bits per heavy atom. The number of thioether (sulfide) groups is 2. The minimum Gasteiger partial charge on any atom is -0.375 e. The van der Waals surface area contributed by atoms with Crippen molar-refractivity contribution in [1.29, 1.82) is 0 Å². The normalized spacial score (nSPS) is 18.0. The summed E-state index contributed by atoms with van der Waals surface area (Å²) in [5, 5.41) is 2.45. The molecule has 156 valence electrons. The van der Waals surface area contributed by atoms with Crippen molar-refractivity contribution in [2.24, 2.45) is 0 Å². The van der Waals surface area contributed by atoms with Gasteiger partial charge in [-0.3, -0.25) is 14.5 Å². The van der Waals surface area contributed by atoms with Crippen molar-refractivity contribution in [2.75, 3.05) is 16.5 Å². The Labute approximate surface area is 192 Å². The first-order valence-electron chi connectivity index (χ1n) is 8.68. The largest absolute Gasteiger partial charge is 0.381 e. The molecule has 1 aromatic carbocycles. The first-order valence-corrected chi connectivity index (χ1v) is 12.2. The molecule has 2 aliphatic rings. The second-order valence-corrected chi connectivity index (χ2v) is 10.3. The minimum atomic E-state index is -0.787. The van der Waals surface area contributed by atoms with Crippen molar-refractivity contribution < 1.29 is 19.2 Å².